The maximum Gasteiger partial charge on any atom is 0.128 e. The smallest absolute Gasteiger partial charge is 0.128 e. The molecule has 20 heavy (non-hydrogen) atoms. The third kappa shape index (κ3) is 3.07. The summed E-state index contributed by atoms with van der Waals surface area (Å²) in [7, 11) is 0. The van der Waals surface area contributed by atoms with Gasteiger partial charge in [-0.15, -0.1) is 0 Å². The lowest BCUT2D eigenvalue weighted by Gasteiger charge is -2.10. The fourth-order valence-corrected chi connectivity index (χ4v) is 2.38. The largest absolute Gasteiger partial charge is 0.327 e. The van der Waals surface area contributed by atoms with Crippen molar-refractivity contribution in [3.63, 3.8) is 0 Å². The molecular weight excluding hydrogens is 253 g/mol. The summed E-state index contributed by atoms with van der Waals surface area (Å²) >= 11 is 0. The molecular formula is C16H22FN3. The van der Waals surface area contributed by atoms with Crippen molar-refractivity contribution in [3.8, 4) is 0 Å². The lowest BCUT2D eigenvalue weighted by molar-refractivity contribution is 0.578. The number of hydrogen-bond acceptors (Lipinski definition) is 2. The molecule has 0 aliphatic rings. The average Bonchev–Trinajstić information content (AvgIpc) is 2.69. The minimum absolute atomic E-state index is 0.151. The van der Waals surface area contributed by atoms with E-state index >= 15 is 0 Å². The molecule has 0 bridgehead atoms. The molecule has 1 atom stereocenters. The zero-order valence-electron chi connectivity index (χ0n) is 12.4. The fourth-order valence-electron chi connectivity index (χ4n) is 2.38. The van der Waals surface area contributed by atoms with Crippen molar-refractivity contribution in [2.45, 2.75) is 46.2 Å². The van der Waals surface area contributed by atoms with Gasteiger partial charge >= 0.3 is 0 Å². The van der Waals surface area contributed by atoms with Gasteiger partial charge in [-0.25, -0.2) is 4.39 Å². The number of benzene rings is 1. The summed E-state index contributed by atoms with van der Waals surface area (Å²) < 4.78 is 15.6. The lowest BCUT2D eigenvalue weighted by Crippen LogP contribution is -2.22. The van der Waals surface area contributed by atoms with E-state index in [-0.39, 0.29) is 11.9 Å². The van der Waals surface area contributed by atoms with E-state index in [0.717, 1.165) is 24.2 Å². The molecule has 2 N–H and O–H groups in total. The van der Waals surface area contributed by atoms with Crippen molar-refractivity contribution in [1.82, 2.24) is 9.78 Å². The van der Waals surface area contributed by atoms with Crippen molar-refractivity contribution in [3.05, 3.63) is 52.6 Å². The Balaban J connectivity index is 2.26. The molecule has 108 valence electrons. The molecule has 0 spiro atoms. The quantitative estimate of drug-likeness (QED) is 0.911. The number of aryl methyl sites for hydroxylation is 1. The normalized spacial score (nSPS) is 12.7. The summed E-state index contributed by atoms with van der Waals surface area (Å²) in [5.74, 6) is -0.188. The molecule has 0 saturated heterocycles. The van der Waals surface area contributed by atoms with Gasteiger partial charge < -0.3 is 5.73 Å². The highest BCUT2D eigenvalue weighted by Crippen LogP contribution is 2.18. The van der Waals surface area contributed by atoms with Crippen LogP contribution in [0.5, 0.6) is 0 Å². The number of aromatic nitrogens is 2. The number of nitrogens with two attached hydrogens (primary N) is 1. The van der Waals surface area contributed by atoms with Crippen molar-refractivity contribution in [2.24, 2.45) is 5.73 Å². The van der Waals surface area contributed by atoms with Crippen molar-refractivity contribution in [1.29, 1.82) is 0 Å². The fraction of sp³-hybridized carbons (Fsp3) is 0.438. The Bertz CT molecular complexity index is 589. The molecule has 1 aromatic heterocycles. The predicted molar refractivity (Wildman–Crippen MR) is 79.2 cm³/mol. The number of nitrogens with zero attached hydrogens (tertiary/aromatic N) is 2. The molecule has 0 aliphatic heterocycles. The Hall–Kier alpha value is -1.68. The van der Waals surface area contributed by atoms with Crippen LogP contribution in [-0.2, 0) is 13.0 Å². The highest BCUT2D eigenvalue weighted by Gasteiger charge is 2.14. The summed E-state index contributed by atoms with van der Waals surface area (Å²) in [6.07, 6.45) is 1.77. The highest BCUT2D eigenvalue weighted by molar-refractivity contribution is 5.27. The second kappa shape index (κ2) is 6.18. The van der Waals surface area contributed by atoms with Crippen LogP contribution < -0.4 is 5.73 Å². The van der Waals surface area contributed by atoms with E-state index in [1.807, 2.05) is 24.6 Å². The molecule has 0 aliphatic carbocycles. The van der Waals surface area contributed by atoms with E-state index in [1.54, 1.807) is 12.1 Å². The van der Waals surface area contributed by atoms with Gasteiger partial charge in [0.25, 0.3) is 0 Å². The zero-order chi connectivity index (χ0) is 14.7. The number of hydrogen-bond donors (Lipinski definition) is 1. The molecule has 0 saturated carbocycles. The van der Waals surface area contributed by atoms with E-state index < -0.39 is 0 Å². The maximum atomic E-state index is 13.7. The van der Waals surface area contributed by atoms with Crippen molar-refractivity contribution < 1.29 is 4.39 Å². The first-order valence-corrected chi connectivity index (χ1v) is 7.04. The molecule has 0 radical (unpaired) electrons. The molecule has 4 heteroatoms. The SMILES string of the molecule is CCC(N)Cc1c(C)nn(Cc2ccccc2F)c1C. The van der Waals surface area contributed by atoms with Gasteiger partial charge in [-0.05, 0) is 38.3 Å². The zero-order valence-corrected chi connectivity index (χ0v) is 12.4. The Morgan fingerprint density at radius 2 is 2.00 bits per heavy atom. The van der Waals surface area contributed by atoms with Gasteiger partial charge in [-0.2, -0.15) is 5.10 Å². The van der Waals surface area contributed by atoms with Crippen LogP contribution in [0.15, 0.2) is 24.3 Å². The van der Waals surface area contributed by atoms with E-state index in [4.69, 9.17) is 5.73 Å². The highest BCUT2D eigenvalue weighted by atomic mass is 19.1. The first kappa shape index (κ1) is 14.7. The Kier molecular flexibility index (Phi) is 4.55. The Labute approximate surface area is 119 Å². The number of rotatable bonds is 5. The van der Waals surface area contributed by atoms with Gasteiger partial charge in [-0.3, -0.25) is 4.68 Å². The van der Waals surface area contributed by atoms with Crippen LogP contribution in [-0.4, -0.2) is 15.8 Å². The molecule has 1 heterocycles. The van der Waals surface area contributed by atoms with Crippen LogP contribution in [0.2, 0.25) is 0 Å². The maximum absolute atomic E-state index is 13.7. The molecule has 3 nitrogen and oxygen atoms in total. The van der Waals surface area contributed by atoms with Crippen molar-refractivity contribution in [2.75, 3.05) is 0 Å². The van der Waals surface area contributed by atoms with Gasteiger partial charge in [0.15, 0.2) is 0 Å². The van der Waals surface area contributed by atoms with Gasteiger partial charge in [-0.1, -0.05) is 25.1 Å². The first-order valence-electron chi connectivity index (χ1n) is 7.04. The average molecular weight is 275 g/mol. The molecule has 0 fully saturated rings. The van der Waals surface area contributed by atoms with Crippen LogP contribution in [0.1, 0.15) is 35.9 Å². The van der Waals surface area contributed by atoms with Crippen LogP contribution in [0.4, 0.5) is 4.39 Å². The molecule has 0 amide bonds. The number of halogens is 1. The van der Waals surface area contributed by atoms with Crippen LogP contribution in [0, 0.1) is 19.7 Å². The molecule has 1 aromatic carbocycles. The second-order valence-electron chi connectivity index (χ2n) is 5.27. The summed E-state index contributed by atoms with van der Waals surface area (Å²) in [5, 5.41) is 4.53. The van der Waals surface area contributed by atoms with Crippen LogP contribution in [0.3, 0.4) is 0 Å². The van der Waals surface area contributed by atoms with E-state index in [0.29, 0.717) is 12.1 Å². The lowest BCUT2D eigenvalue weighted by atomic mass is 10.0. The predicted octanol–water partition coefficient (Wildman–Crippen LogP) is 2.97. The summed E-state index contributed by atoms with van der Waals surface area (Å²) in [5.41, 5.74) is 9.95. The third-order valence-corrected chi connectivity index (χ3v) is 3.80. The minimum atomic E-state index is -0.188. The van der Waals surface area contributed by atoms with Crippen LogP contribution in [0.25, 0.3) is 0 Å². The Morgan fingerprint density at radius 1 is 1.30 bits per heavy atom. The van der Waals surface area contributed by atoms with E-state index in [1.165, 1.54) is 11.6 Å². The first-order chi connectivity index (χ1) is 9.52. The summed E-state index contributed by atoms with van der Waals surface area (Å²) in [6, 6.07) is 6.97. The standard InChI is InChI=1S/C16H22FN3/c1-4-14(18)9-15-11(2)19-20(12(15)3)10-13-7-5-6-8-16(13)17/h5-8,14H,4,9-10,18H2,1-3H3. The Morgan fingerprint density at radius 3 is 2.65 bits per heavy atom. The van der Waals surface area contributed by atoms with Gasteiger partial charge in [0, 0.05) is 17.3 Å². The van der Waals surface area contributed by atoms with Gasteiger partial charge in [0.2, 0.25) is 0 Å². The summed E-state index contributed by atoms with van der Waals surface area (Å²) in [6.45, 7) is 6.56. The topological polar surface area (TPSA) is 43.8 Å². The second-order valence-corrected chi connectivity index (χ2v) is 5.27. The molecule has 2 rings (SSSR count). The van der Waals surface area contributed by atoms with E-state index in [2.05, 4.69) is 12.0 Å². The van der Waals surface area contributed by atoms with Gasteiger partial charge in [0.05, 0.1) is 12.2 Å². The van der Waals surface area contributed by atoms with E-state index in [9.17, 15) is 4.39 Å². The third-order valence-electron chi connectivity index (χ3n) is 3.80. The summed E-state index contributed by atoms with van der Waals surface area (Å²) in [4.78, 5) is 0. The van der Waals surface area contributed by atoms with Gasteiger partial charge in [0.1, 0.15) is 5.82 Å². The molecule has 2 aromatic rings. The monoisotopic (exact) mass is 275 g/mol. The molecule has 1 unspecified atom stereocenters. The van der Waals surface area contributed by atoms with Crippen LogP contribution >= 0.6 is 0 Å². The minimum Gasteiger partial charge on any atom is -0.327 e. The van der Waals surface area contributed by atoms with Crippen molar-refractivity contribution >= 4 is 0 Å².